The number of hydrogen-bond donors (Lipinski definition) is 2. The number of nitrogens with zero attached hydrogens (tertiary/aromatic N) is 2. The summed E-state index contributed by atoms with van der Waals surface area (Å²) in [6.45, 7) is 3.72. The number of rotatable bonds is 7. The zero-order valence-electron chi connectivity index (χ0n) is 13.4. The first-order chi connectivity index (χ1) is 10.7. The Balaban J connectivity index is 1.59. The van der Waals surface area contributed by atoms with Crippen LogP contribution < -0.4 is 5.32 Å². The van der Waals surface area contributed by atoms with Gasteiger partial charge in [0.25, 0.3) is 0 Å². The lowest BCUT2D eigenvalue weighted by Crippen LogP contribution is -2.44. The fraction of sp³-hybridized carbons (Fsp3) is 0.875. The molecule has 2 saturated heterocycles. The van der Waals surface area contributed by atoms with Gasteiger partial charge in [0.2, 0.25) is 11.8 Å². The van der Waals surface area contributed by atoms with Gasteiger partial charge in [0.05, 0.1) is 13.2 Å². The summed E-state index contributed by atoms with van der Waals surface area (Å²) in [7, 11) is 0. The number of carbonyl (C=O) groups is 2. The summed E-state index contributed by atoms with van der Waals surface area (Å²) in [5, 5.41) is 12.3. The van der Waals surface area contributed by atoms with E-state index in [1.807, 2.05) is 0 Å². The van der Waals surface area contributed by atoms with Crippen molar-refractivity contribution in [2.45, 2.75) is 51.0 Å². The molecule has 0 unspecified atom stereocenters. The first-order valence-corrected chi connectivity index (χ1v) is 8.60. The largest absolute Gasteiger partial charge is 0.395 e. The molecule has 2 rings (SSSR count). The highest BCUT2D eigenvalue weighted by molar-refractivity contribution is 5.85. The molecule has 0 radical (unpaired) electrons. The fourth-order valence-electron chi connectivity index (χ4n) is 3.33. The number of piperidine rings is 2. The van der Waals surface area contributed by atoms with Crippen LogP contribution in [-0.2, 0) is 9.59 Å². The molecule has 0 aromatic carbocycles. The molecule has 0 aromatic heterocycles. The van der Waals surface area contributed by atoms with E-state index in [-0.39, 0.29) is 31.0 Å². The number of aliphatic hydroxyl groups is 1. The Morgan fingerprint density at radius 3 is 2.82 bits per heavy atom. The van der Waals surface area contributed by atoms with E-state index >= 15 is 0 Å². The fourth-order valence-corrected chi connectivity index (χ4v) is 3.33. The highest BCUT2D eigenvalue weighted by Gasteiger charge is 2.22. The Morgan fingerprint density at radius 1 is 1.23 bits per heavy atom. The number of amides is 2. The topological polar surface area (TPSA) is 72.9 Å². The van der Waals surface area contributed by atoms with Crippen LogP contribution in [0.2, 0.25) is 0 Å². The van der Waals surface area contributed by atoms with Gasteiger partial charge in [-0.05, 0) is 38.6 Å². The molecular formula is C16H29N3O3. The number of carbonyl (C=O) groups excluding carboxylic acids is 2. The minimum atomic E-state index is -0.0624. The van der Waals surface area contributed by atoms with Crippen molar-refractivity contribution in [2.24, 2.45) is 0 Å². The molecule has 2 heterocycles. The van der Waals surface area contributed by atoms with Gasteiger partial charge in [-0.2, -0.15) is 0 Å². The molecule has 126 valence electrons. The SMILES string of the molecule is O=C(CN1CCCCC1=O)NCCCN1CCCC[C@@H]1CO. The van der Waals surface area contributed by atoms with Gasteiger partial charge >= 0.3 is 0 Å². The average Bonchev–Trinajstić information content (AvgIpc) is 2.54. The van der Waals surface area contributed by atoms with E-state index in [1.165, 1.54) is 12.8 Å². The van der Waals surface area contributed by atoms with Gasteiger partial charge in [0, 0.05) is 32.1 Å². The van der Waals surface area contributed by atoms with E-state index in [0.717, 1.165) is 38.8 Å². The zero-order chi connectivity index (χ0) is 15.8. The molecule has 2 N–H and O–H groups in total. The Morgan fingerprint density at radius 2 is 2.05 bits per heavy atom. The van der Waals surface area contributed by atoms with E-state index in [9.17, 15) is 14.7 Å². The molecule has 0 aromatic rings. The van der Waals surface area contributed by atoms with E-state index < -0.39 is 0 Å². The molecule has 0 bridgehead atoms. The summed E-state index contributed by atoms with van der Waals surface area (Å²) >= 11 is 0. The number of aliphatic hydroxyl groups excluding tert-OH is 1. The lowest BCUT2D eigenvalue weighted by Gasteiger charge is -2.34. The monoisotopic (exact) mass is 311 g/mol. The molecule has 2 aliphatic rings. The van der Waals surface area contributed by atoms with Gasteiger partial charge in [0.15, 0.2) is 0 Å². The summed E-state index contributed by atoms with van der Waals surface area (Å²) in [5.41, 5.74) is 0. The van der Waals surface area contributed by atoms with Crippen molar-refractivity contribution >= 4 is 11.8 Å². The summed E-state index contributed by atoms with van der Waals surface area (Å²) in [4.78, 5) is 27.5. The second-order valence-electron chi connectivity index (χ2n) is 6.34. The quantitative estimate of drug-likeness (QED) is 0.666. The Hall–Kier alpha value is -1.14. The predicted octanol–water partition coefficient (Wildman–Crippen LogP) is 0.352. The Kier molecular flexibility index (Phi) is 7.12. The lowest BCUT2D eigenvalue weighted by atomic mass is 10.0. The molecule has 6 heteroatoms. The standard InChI is InChI=1S/C16H29N3O3/c20-13-14-6-1-3-9-18(14)11-5-8-17-15(21)12-19-10-4-2-7-16(19)22/h14,20H,1-13H2,(H,17,21)/t14-/m1/s1. The molecule has 0 spiro atoms. The maximum absolute atomic E-state index is 11.9. The van der Waals surface area contributed by atoms with Crippen LogP contribution in [-0.4, -0.2) is 72.1 Å². The summed E-state index contributed by atoms with van der Waals surface area (Å²) < 4.78 is 0. The maximum Gasteiger partial charge on any atom is 0.239 e. The molecule has 1 atom stereocenters. The number of nitrogens with one attached hydrogen (secondary N) is 1. The lowest BCUT2D eigenvalue weighted by molar-refractivity contribution is -0.137. The van der Waals surface area contributed by atoms with Crippen molar-refractivity contribution in [3.05, 3.63) is 0 Å². The van der Waals surface area contributed by atoms with Crippen LogP contribution in [0.3, 0.4) is 0 Å². The molecule has 2 amide bonds. The van der Waals surface area contributed by atoms with Crippen molar-refractivity contribution in [3.8, 4) is 0 Å². The van der Waals surface area contributed by atoms with Crippen LogP contribution in [0.25, 0.3) is 0 Å². The highest BCUT2D eigenvalue weighted by Crippen LogP contribution is 2.16. The summed E-state index contributed by atoms with van der Waals surface area (Å²) in [6.07, 6.45) is 6.86. The van der Waals surface area contributed by atoms with Crippen molar-refractivity contribution in [1.29, 1.82) is 0 Å². The third-order valence-electron chi connectivity index (χ3n) is 4.66. The molecule has 0 aliphatic carbocycles. The van der Waals surface area contributed by atoms with Crippen LogP contribution in [0.5, 0.6) is 0 Å². The third-order valence-corrected chi connectivity index (χ3v) is 4.66. The van der Waals surface area contributed by atoms with Crippen LogP contribution in [0.1, 0.15) is 44.9 Å². The maximum atomic E-state index is 11.9. The number of likely N-dealkylation sites (tertiary alicyclic amines) is 2. The third kappa shape index (κ3) is 5.25. The van der Waals surface area contributed by atoms with Crippen LogP contribution in [0, 0.1) is 0 Å². The minimum absolute atomic E-state index is 0.0624. The number of hydrogen-bond acceptors (Lipinski definition) is 4. The minimum Gasteiger partial charge on any atom is -0.395 e. The molecule has 22 heavy (non-hydrogen) atoms. The molecule has 0 saturated carbocycles. The van der Waals surface area contributed by atoms with Gasteiger partial charge in [-0.1, -0.05) is 6.42 Å². The van der Waals surface area contributed by atoms with Crippen molar-refractivity contribution in [3.63, 3.8) is 0 Å². The normalized spacial score (nSPS) is 23.6. The van der Waals surface area contributed by atoms with E-state index in [0.29, 0.717) is 19.5 Å². The second-order valence-corrected chi connectivity index (χ2v) is 6.34. The Labute approximate surface area is 132 Å². The average molecular weight is 311 g/mol. The second kappa shape index (κ2) is 9.10. The Bertz CT molecular complexity index is 376. The van der Waals surface area contributed by atoms with Crippen LogP contribution in [0.4, 0.5) is 0 Å². The van der Waals surface area contributed by atoms with E-state index in [4.69, 9.17) is 0 Å². The van der Waals surface area contributed by atoms with Crippen molar-refractivity contribution in [1.82, 2.24) is 15.1 Å². The van der Waals surface area contributed by atoms with Gasteiger partial charge in [-0.25, -0.2) is 0 Å². The van der Waals surface area contributed by atoms with Crippen LogP contribution in [0.15, 0.2) is 0 Å². The van der Waals surface area contributed by atoms with E-state index in [2.05, 4.69) is 10.2 Å². The molecule has 6 nitrogen and oxygen atoms in total. The smallest absolute Gasteiger partial charge is 0.239 e. The predicted molar refractivity (Wildman–Crippen MR) is 84.4 cm³/mol. The zero-order valence-corrected chi connectivity index (χ0v) is 13.4. The summed E-state index contributed by atoms with van der Waals surface area (Å²) in [5.74, 6) is 0.0353. The van der Waals surface area contributed by atoms with Crippen LogP contribution >= 0.6 is 0 Å². The summed E-state index contributed by atoms with van der Waals surface area (Å²) in [6, 6.07) is 0.287. The first-order valence-electron chi connectivity index (χ1n) is 8.60. The van der Waals surface area contributed by atoms with Gasteiger partial charge in [0.1, 0.15) is 0 Å². The molecule has 2 aliphatic heterocycles. The first kappa shape index (κ1) is 17.2. The van der Waals surface area contributed by atoms with Gasteiger partial charge in [-0.15, -0.1) is 0 Å². The highest BCUT2D eigenvalue weighted by atomic mass is 16.3. The van der Waals surface area contributed by atoms with E-state index in [1.54, 1.807) is 4.90 Å². The van der Waals surface area contributed by atoms with Crippen molar-refractivity contribution in [2.75, 3.05) is 39.3 Å². The molecule has 2 fully saturated rings. The van der Waals surface area contributed by atoms with Gasteiger partial charge in [-0.3, -0.25) is 14.5 Å². The molecular weight excluding hydrogens is 282 g/mol. The van der Waals surface area contributed by atoms with Gasteiger partial charge < -0.3 is 15.3 Å². The van der Waals surface area contributed by atoms with Crippen molar-refractivity contribution < 1.29 is 14.7 Å².